The zero-order valence-corrected chi connectivity index (χ0v) is 17.8. The number of morpholine rings is 1. The maximum atomic E-state index is 12.7. The number of rotatable bonds is 9. The van der Waals surface area contributed by atoms with E-state index in [0.717, 1.165) is 38.6 Å². The van der Waals surface area contributed by atoms with Gasteiger partial charge < -0.3 is 24.3 Å². The lowest BCUT2D eigenvalue weighted by atomic mass is 10.1. The number of carbonyl (C=O) groups excluding carboxylic acids is 1. The van der Waals surface area contributed by atoms with Crippen LogP contribution in [0.5, 0.6) is 17.2 Å². The highest BCUT2D eigenvalue weighted by Gasteiger charge is 2.19. The number of benzene rings is 2. The van der Waals surface area contributed by atoms with Crippen LogP contribution in [0.1, 0.15) is 22.8 Å². The van der Waals surface area contributed by atoms with E-state index in [-0.39, 0.29) is 12.0 Å². The second-order valence-corrected chi connectivity index (χ2v) is 7.21. The first-order chi connectivity index (χ1) is 14.6. The Morgan fingerprint density at radius 3 is 2.43 bits per heavy atom. The van der Waals surface area contributed by atoms with Crippen molar-refractivity contribution in [1.82, 2.24) is 10.2 Å². The average molecular weight is 415 g/mol. The molecule has 0 saturated carbocycles. The fourth-order valence-corrected chi connectivity index (χ4v) is 3.41. The van der Waals surface area contributed by atoms with Gasteiger partial charge in [0.15, 0.2) is 0 Å². The predicted octanol–water partition coefficient (Wildman–Crippen LogP) is 2.73. The zero-order chi connectivity index (χ0) is 21.3. The summed E-state index contributed by atoms with van der Waals surface area (Å²) < 4.78 is 22.0. The monoisotopic (exact) mass is 414 g/mol. The molecule has 0 aromatic heterocycles. The van der Waals surface area contributed by atoms with Gasteiger partial charge in [0, 0.05) is 19.6 Å². The van der Waals surface area contributed by atoms with Gasteiger partial charge in [-0.15, -0.1) is 0 Å². The molecule has 0 bridgehead atoms. The minimum atomic E-state index is -0.263. The fraction of sp³-hybridized carbons (Fsp3) is 0.435. The molecule has 1 aliphatic heterocycles. The zero-order valence-electron chi connectivity index (χ0n) is 17.8. The standard InChI is InChI=1S/C23H30N2O5/c1-17(15-24-23(26)22-20(27-2)8-5-9-21(22)28-3)30-19-7-4-6-18(14-19)16-25-10-12-29-13-11-25/h4-9,14,17H,10-13,15-16H2,1-3H3,(H,24,26). The average Bonchev–Trinajstić information content (AvgIpc) is 2.77. The van der Waals surface area contributed by atoms with E-state index in [0.29, 0.717) is 23.6 Å². The topological polar surface area (TPSA) is 69.3 Å². The maximum absolute atomic E-state index is 12.7. The van der Waals surface area contributed by atoms with Crippen LogP contribution in [0.3, 0.4) is 0 Å². The van der Waals surface area contributed by atoms with Gasteiger partial charge in [0.2, 0.25) is 0 Å². The number of amides is 1. The van der Waals surface area contributed by atoms with Crippen molar-refractivity contribution in [2.45, 2.75) is 19.6 Å². The summed E-state index contributed by atoms with van der Waals surface area (Å²) in [6.07, 6.45) is -0.201. The van der Waals surface area contributed by atoms with Crippen LogP contribution in [0.15, 0.2) is 42.5 Å². The van der Waals surface area contributed by atoms with Gasteiger partial charge in [0.1, 0.15) is 28.9 Å². The van der Waals surface area contributed by atoms with Gasteiger partial charge in [-0.25, -0.2) is 0 Å². The number of ether oxygens (including phenoxy) is 4. The summed E-state index contributed by atoms with van der Waals surface area (Å²) in [6, 6.07) is 13.3. The Bertz CT molecular complexity index is 814. The van der Waals surface area contributed by atoms with E-state index in [1.165, 1.54) is 19.8 Å². The Morgan fingerprint density at radius 2 is 1.77 bits per heavy atom. The summed E-state index contributed by atoms with van der Waals surface area (Å²) in [6.45, 7) is 6.61. The lowest BCUT2D eigenvalue weighted by Crippen LogP contribution is -2.35. The van der Waals surface area contributed by atoms with Crippen LogP contribution in [0.2, 0.25) is 0 Å². The molecule has 7 heteroatoms. The van der Waals surface area contributed by atoms with E-state index in [9.17, 15) is 4.79 Å². The first-order valence-corrected chi connectivity index (χ1v) is 10.2. The molecule has 7 nitrogen and oxygen atoms in total. The van der Waals surface area contributed by atoms with Crippen LogP contribution < -0.4 is 19.5 Å². The van der Waals surface area contributed by atoms with Gasteiger partial charge in [-0.2, -0.15) is 0 Å². The first kappa shape index (κ1) is 21.9. The van der Waals surface area contributed by atoms with Crippen molar-refractivity contribution in [2.24, 2.45) is 0 Å². The summed E-state index contributed by atoms with van der Waals surface area (Å²) in [5.41, 5.74) is 1.58. The SMILES string of the molecule is COc1cccc(OC)c1C(=O)NCC(C)Oc1cccc(CN2CCOCC2)c1. The van der Waals surface area contributed by atoms with E-state index in [2.05, 4.69) is 22.3 Å². The molecule has 1 atom stereocenters. The molecule has 0 radical (unpaired) electrons. The van der Waals surface area contributed by atoms with Crippen LogP contribution in [0.25, 0.3) is 0 Å². The summed E-state index contributed by atoms with van der Waals surface area (Å²) >= 11 is 0. The first-order valence-electron chi connectivity index (χ1n) is 10.2. The van der Waals surface area contributed by atoms with E-state index in [1.807, 2.05) is 19.1 Å². The third-order valence-electron chi connectivity index (χ3n) is 4.95. The highest BCUT2D eigenvalue weighted by atomic mass is 16.5. The third kappa shape index (κ3) is 5.87. The van der Waals surface area contributed by atoms with Crippen molar-refractivity contribution in [3.63, 3.8) is 0 Å². The lowest BCUT2D eigenvalue weighted by molar-refractivity contribution is 0.0341. The highest BCUT2D eigenvalue weighted by molar-refractivity contribution is 5.99. The number of hydrogen-bond acceptors (Lipinski definition) is 6. The molecule has 1 saturated heterocycles. The number of nitrogens with one attached hydrogen (secondary N) is 1. The summed E-state index contributed by atoms with van der Waals surface area (Å²) in [4.78, 5) is 15.1. The second-order valence-electron chi connectivity index (χ2n) is 7.21. The molecule has 1 N–H and O–H groups in total. The van der Waals surface area contributed by atoms with Crippen molar-refractivity contribution in [1.29, 1.82) is 0 Å². The van der Waals surface area contributed by atoms with Crippen LogP contribution >= 0.6 is 0 Å². The number of hydrogen-bond donors (Lipinski definition) is 1. The smallest absolute Gasteiger partial charge is 0.258 e. The van der Waals surface area contributed by atoms with Gasteiger partial charge in [-0.1, -0.05) is 18.2 Å². The van der Waals surface area contributed by atoms with Crippen LogP contribution in [0, 0.1) is 0 Å². The van der Waals surface area contributed by atoms with Gasteiger partial charge in [-0.05, 0) is 36.8 Å². The van der Waals surface area contributed by atoms with Crippen LogP contribution in [-0.4, -0.2) is 64.0 Å². The molecule has 3 rings (SSSR count). The van der Waals surface area contributed by atoms with Crippen molar-refractivity contribution in [2.75, 3.05) is 47.1 Å². The number of nitrogens with zero attached hydrogens (tertiary/aromatic N) is 1. The largest absolute Gasteiger partial charge is 0.496 e. The quantitative estimate of drug-likeness (QED) is 0.681. The summed E-state index contributed by atoms with van der Waals surface area (Å²) in [7, 11) is 3.06. The Kier molecular flexibility index (Phi) is 7.93. The number of carbonyl (C=O) groups is 1. The molecule has 1 heterocycles. The normalized spacial score (nSPS) is 15.3. The van der Waals surface area contributed by atoms with Gasteiger partial charge >= 0.3 is 0 Å². The molecule has 30 heavy (non-hydrogen) atoms. The predicted molar refractivity (Wildman–Crippen MR) is 115 cm³/mol. The molecular formula is C23H30N2O5. The summed E-state index contributed by atoms with van der Waals surface area (Å²) in [5, 5.41) is 2.90. The maximum Gasteiger partial charge on any atom is 0.258 e. The van der Waals surface area contributed by atoms with Crippen molar-refractivity contribution in [3.8, 4) is 17.2 Å². The Hall–Kier alpha value is -2.77. The molecule has 162 valence electrons. The van der Waals surface area contributed by atoms with Crippen molar-refractivity contribution >= 4 is 5.91 Å². The number of methoxy groups -OCH3 is 2. The van der Waals surface area contributed by atoms with E-state index >= 15 is 0 Å². The Balaban J connectivity index is 1.55. The summed E-state index contributed by atoms with van der Waals surface area (Å²) in [5.74, 6) is 1.46. The minimum Gasteiger partial charge on any atom is -0.496 e. The molecule has 1 aliphatic rings. The van der Waals surface area contributed by atoms with E-state index < -0.39 is 0 Å². The van der Waals surface area contributed by atoms with Crippen LogP contribution in [-0.2, 0) is 11.3 Å². The van der Waals surface area contributed by atoms with E-state index in [4.69, 9.17) is 18.9 Å². The van der Waals surface area contributed by atoms with Gasteiger partial charge in [-0.3, -0.25) is 9.69 Å². The Labute approximate surface area is 177 Å². The lowest BCUT2D eigenvalue weighted by Gasteiger charge is -2.26. The van der Waals surface area contributed by atoms with Gasteiger partial charge in [0.25, 0.3) is 5.91 Å². The molecule has 1 amide bonds. The molecular weight excluding hydrogens is 384 g/mol. The fourth-order valence-electron chi connectivity index (χ4n) is 3.41. The van der Waals surface area contributed by atoms with Crippen molar-refractivity contribution < 1.29 is 23.7 Å². The van der Waals surface area contributed by atoms with Crippen LogP contribution in [0.4, 0.5) is 0 Å². The molecule has 2 aromatic carbocycles. The minimum absolute atomic E-state index is 0.201. The van der Waals surface area contributed by atoms with E-state index in [1.54, 1.807) is 18.2 Å². The highest BCUT2D eigenvalue weighted by Crippen LogP contribution is 2.28. The van der Waals surface area contributed by atoms with Crippen molar-refractivity contribution in [3.05, 3.63) is 53.6 Å². The molecule has 1 fully saturated rings. The van der Waals surface area contributed by atoms with Gasteiger partial charge in [0.05, 0.1) is 34.0 Å². The molecule has 1 unspecified atom stereocenters. The molecule has 0 spiro atoms. The Morgan fingerprint density at radius 1 is 1.10 bits per heavy atom. The molecule has 2 aromatic rings. The second kappa shape index (κ2) is 10.8. The molecule has 0 aliphatic carbocycles. The third-order valence-corrected chi connectivity index (χ3v) is 4.95.